The minimum absolute atomic E-state index is 0.167. The van der Waals surface area contributed by atoms with Crippen LogP contribution in [0.15, 0.2) is 11.6 Å². The maximum Gasteiger partial charge on any atom is 0.253 e. The van der Waals surface area contributed by atoms with Gasteiger partial charge in [0.05, 0.1) is 6.61 Å². The highest BCUT2D eigenvalue weighted by Crippen LogP contribution is 2.13. The van der Waals surface area contributed by atoms with E-state index >= 15 is 0 Å². The van der Waals surface area contributed by atoms with Crippen LogP contribution in [-0.4, -0.2) is 42.9 Å². The third-order valence-electron chi connectivity index (χ3n) is 1.64. The van der Waals surface area contributed by atoms with Gasteiger partial charge < -0.3 is 14.7 Å². The highest BCUT2D eigenvalue weighted by molar-refractivity contribution is 5.96. The summed E-state index contributed by atoms with van der Waals surface area (Å²) in [5, 5.41) is 9.14. The molecular formula is C7H11NO3. The molecule has 0 radical (unpaired) electrons. The lowest BCUT2D eigenvalue weighted by Crippen LogP contribution is -2.30. The van der Waals surface area contributed by atoms with Gasteiger partial charge in [-0.2, -0.15) is 0 Å². The Kier molecular flexibility index (Phi) is 2.26. The number of nitrogens with zero attached hydrogens (tertiary/aromatic N) is 1. The predicted octanol–water partition coefficient (Wildman–Crippen LogP) is -0.650. The molecule has 1 aliphatic rings. The number of aliphatic hydroxyl groups excluding tert-OH is 1. The molecular weight excluding hydrogens is 146 g/mol. The third-order valence-corrected chi connectivity index (χ3v) is 1.64. The van der Waals surface area contributed by atoms with Gasteiger partial charge in [0.2, 0.25) is 0 Å². The van der Waals surface area contributed by atoms with E-state index in [4.69, 9.17) is 9.84 Å². The molecule has 0 saturated carbocycles. The van der Waals surface area contributed by atoms with E-state index in [2.05, 4.69) is 0 Å². The van der Waals surface area contributed by atoms with Crippen LogP contribution in [0.25, 0.3) is 0 Å². The average Bonchev–Trinajstić information content (AvgIpc) is 2.19. The zero-order valence-corrected chi connectivity index (χ0v) is 6.57. The Labute approximate surface area is 65.1 Å². The van der Waals surface area contributed by atoms with Crippen molar-refractivity contribution in [2.75, 3.05) is 20.8 Å². The number of hydrogen-bond acceptors (Lipinski definition) is 3. The first-order valence-corrected chi connectivity index (χ1v) is 3.31. The van der Waals surface area contributed by atoms with E-state index in [1.54, 1.807) is 7.05 Å². The van der Waals surface area contributed by atoms with Crippen molar-refractivity contribution in [2.24, 2.45) is 0 Å². The summed E-state index contributed by atoms with van der Waals surface area (Å²) < 4.78 is 4.77. The number of hydrogen-bond donors (Lipinski definition) is 1. The molecule has 11 heavy (non-hydrogen) atoms. The summed E-state index contributed by atoms with van der Waals surface area (Å²) in [6.07, 6.45) is 0.707. The van der Waals surface area contributed by atoms with Gasteiger partial charge in [0.15, 0.2) is 0 Å². The van der Waals surface area contributed by atoms with Gasteiger partial charge in [-0.3, -0.25) is 4.79 Å². The van der Waals surface area contributed by atoms with Crippen molar-refractivity contribution in [2.45, 2.75) is 6.23 Å². The SMILES string of the molecule is COCC1=CC(O)N(C)C1=O. The van der Waals surface area contributed by atoms with Gasteiger partial charge in [-0.25, -0.2) is 0 Å². The van der Waals surface area contributed by atoms with E-state index in [-0.39, 0.29) is 12.5 Å². The first-order chi connectivity index (χ1) is 5.16. The molecule has 4 heteroatoms. The van der Waals surface area contributed by atoms with Crippen LogP contribution in [0.5, 0.6) is 0 Å². The standard InChI is InChI=1S/C7H11NO3/c1-8-6(9)3-5(4-11-2)7(8)10/h3,6,9H,4H2,1-2H3. The lowest BCUT2D eigenvalue weighted by Gasteiger charge is -2.13. The molecule has 1 heterocycles. The lowest BCUT2D eigenvalue weighted by molar-refractivity contribution is -0.130. The maximum atomic E-state index is 11.1. The Morgan fingerprint density at radius 1 is 1.82 bits per heavy atom. The van der Waals surface area contributed by atoms with Crippen LogP contribution in [0.4, 0.5) is 0 Å². The van der Waals surface area contributed by atoms with Crippen molar-refractivity contribution in [3.8, 4) is 0 Å². The summed E-state index contributed by atoms with van der Waals surface area (Å²) in [5.41, 5.74) is 0.516. The van der Waals surface area contributed by atoms with E-state index in [0.29, 0.717) is 5.57 Å². The smallest absolute Gasteiger partial charge is 0.253 e. The highest BCUT2D eigenvalue weighted by atomic mass is 16.5. The maximum absolute atomic E-state index is 11.1. The van der Waals surface area contributed by atoms with Crippen LogP contribution >= 0.6 is 0 Å². The molecule has 0 aromatic carbocycles. The van der Waals surface area contributed by atoms with E-state index in [9.17, 15) is 4.79 Å². The fourth-order valence-electron chi connectivity index (χ4n) is 0.975. The Balaban J connectivity index is 2.67. The normalized spacial score (nSPS) is 24.3. The summed E-state index contributed by atoms with van der Waals surface area (Å²) >= 11 is 0. The number of carbonyl (C=O) groups is 1. The zero-order chi connectivity index (χ0) is 8.43. The molecule has 1 unspecified atom stereocenters. The van der Waals surface area contributed by atoms with Crippen molar-refractivity contribution in [1.82, 2.24) is 4.90 Å². The number of methoxy groups -OCH3 is 1. The first-order valence-electron chi connectivity index (χ1n) is 3.31. The predicted molar refractivity (Wildman–Crippen MR) is 38.7 cm³/mol. The van der Waals surface area contributed by atoms with Gasteiger partial charge in [0.1, 0.15) is 6.23 Å². The topological polar surface area (TPSA) is 49.8 Å². The molecule has 1 amide bonds. The molecule has 0 aromatic rings. The van der Waals surface area contributed by atoms with Crippen molar-refractivity contribution < 1.29 is 14.6 Å². The molecule has 0 bridgehead atoms. The van der Waals surface area contributed by atoms with Crippen LogP contribution in [-0.2, 0) is 9.53 Å². The van der Waals surface area contributed by atoms with E-state index in [1.165, 1.54) is 18.1 Å². The van der Waals surface area contributed by atoms with Crippen molar-refractivity contribution in [3.05, 3.63) is 11.6 Å². The number of carbonyl (C=O) groups excluding carboxylic acids is 1. The molecule has 0 spiro atoms. The number of ether oxygens (including phenoxy) is 1. The van der Waals surface area contributed by atoms with Crippen molar-refractivity contribution >= 4 is 5.91 Å². The third kappa shape index (κ3) is 1.41. The van der Waals surface area contributed by atoms with Gasteiger partial charge in [0, 0.05) is 19.7 Å². The quantitative estimate of drug-likeness (QED) is 0.579. The summed E-state index contributed by atoms with van der Waals surface area (Å²) in [6.45, 7) is 0.264. The van der Waals surface area contributed by atoms with Crippen LogP contribution in [0.2, 0.25) is 0 Å². The largest absolute Gasteiger partial charge is 0.380 e. The molecule has 0 aliphatic carbocycles. The second kappa shape index (κ2) is 3.02. The van der Waals surface area contributed by atoms with Crippen LogP contribution in [0.1, 0.15) is 0 Å². The Hall–Kier alpha value is -0.870. The molecule has 1 N–H and O–H groups in total. The van der Waals surface area contributed by atoms with E-state index < -0.39 is 6.23 Å². The summed E-state index contributed by atoms with van der Waals surface area (Å²) in [4.78, 5) is 12.4. The Morgan fingerprint density at radius 2 is 2.45 bits per heavy atom. The Morgan fingerprint density at radius 3 is 2.82 bits per heavy atom. The summed E-state index contributed by atoms with van der Waals surface area (Å²) in [6, 6.07) is 0. The fraction of sp³-hybridized carbons (Fsp3) is 0.571. The second-order valence-electron chi connectivity index (χ2n) is 2.45. The van der Waals surface area contributed by atoms with Gasteiger partial charge in [-0.05, 0) is 6.08 Å². The molecule has 0 saturated heterocycles. The van der Waals surface area contributed by atoms with E-state index in [1.807, 2.05) is 0 Å². The number of rotatable bonds is 2. The highest BCUT2D eigenvalue weighted by Gasteiger charge is 2.26. The van der Waals surface area contributed by atoms with Gasteiger partial charge in [0.25, 0.3) is 5.91 Å². The minimum Gasteiger partial charge on any atom is -0.380 e. The molecule has 1 rings (SSSR count). The van der Waals surface area contributed by atoms with Gasteiger partial charge in [-0.1, -0.05) is 0 Å². The number of amides is 1. The number of likely N-dealkylation sites (N-methyl/N-ethyl adjacent to an activating group) is 1. The molecule has 4 nitrogen and oxygen atoms in total. The van der Waals surface area contributed by atoms with Gasteiger partial charge in [-0.15, -0.1) is 0 Å². The van der Waals surface area contributed by atoms with Crippen molar-refractivity contribution in [1.29, 1.82) is 0 Å². The first kappa shape index (κ1) is 8.23. The van der Waals surface area contributed by atoms with E-state index in [0.717, 1.165) is 0 Å². The lowest BCUT2D eigenvalue weighted by atomic mass is 10.3. The molecule has 62 valence electrons. The fourth-order valence-corrected chi connectivity index (χ4v) is 0.975. The molecule has 0 aromatic heterocycles. The van der Waals surface area contributed by atoms with Crippen molar-refractivity contribution in [3.63, 3.8) is 0 Å². The van der Waals surface area contributed by atoms with Crippen LogP contribution in [0, 0.1) is 0 Å². The summed E-state index contributed by atoms with van der Waals surface area (Å²) in [7, 11) is 3.06. The molecule has 1 aliphatic heterocycles. The zero-order valence-electron chi connectivity index (χ0n) is 6.57. The van der Waals surface area contributed by atoms with Crippen LogP contribution < -0.4 is 0 Å². The molecule has 0 fully saturated rings. The monoisotopic (exact) mass is 157 g/mol. The van der Waals surface area contributed by atoms with Gasteiger partial charge >= 0.3 is 0 Å². The van der Waals surface area contributed by atoms with Crippen LogP contribution in [0.3, 0.4) is 0 Å². The average molecular weight is 157 g/mol. The summed E-state index contributed by atoms with van der Waals surface area (Å²) in [5.74, 6) is -0.167. The molecule has 1 atom stereocenters. The Bertz CT molecular complexity index is 200. The minimum atomic E-state index is -0.785. The second-order valence-corrected chi connectivity index (χ2v) is 2.45. The number of aliphatic hydroxyl groups is 1.